The molecule has 4 nitrogen and oxygen atoms in total. The van der Waals surface area contributed by atoms with Gasteiger partial charge in [-0.3, -0.25) is 10.2 Å². The summed E-state index contributed by atoms with van der Waals surface area (Å²) in [7, 11) is 0. The lowest BCUT2D eigenvalue weighted by molar-refractivity contribution is -0.116. The number of Topliss-reactive ketones (excluding diaryl/α,β-unsaturated/α-hetero) is 1. The van der Waals surface area contributed by atoms with Crippen molar-refractivity contribution in [3.8, 4) is 11.3 Å². The minimum atomic E-state index is -0.628. The molecule has 0 amide bonds. The highest BCUT2D eigenvalue weighted by atomic mass is 35.5. The first kappa shape index (κ1) is 17.2. The summed E-state index contributed by atoms with van der Waals surface area (Å²) >= 11 is 13.2. The van der Waals surface area contributed by atoms with Gasteiger partial charge in [0.05, 0.1) is 12.2 Å². The van der Waals surface area contributed by atoms with Crippen LogP contribution < -0.4 is 4.90 Å². The molecule has 4 rings (SSSR count). The lowest BCUT2D eigenvalue weighted by Gasteiger charge is -2.17. The van der Waals surface area contributed by atoms with E-state index >= 15 is 0 Å². The van der Waals surface area contributed by atoms with E-state index < -0.39 is 5.92 Å². The van der Waals surface area contributed by atoms with E-state index in [1.165, 1.54) is 11.3 Å². The Morgan fingerprint density at radius 3 is 2.31 bits per heavy atom. The van der Waals surface area contributed by atoms with Gasteiger partial charge in [0.15, 0.2) is 5.78 Å². The number of hydrogen-bond donors (Lipinski definition) is 1. The average Bonchev–Trinajstić information content (AvgIpc) is 3.21. The van der Waals surface area contributed by atoms with E-state index in [1.807, 2.05) is 29.6 Å². The fourth-order valence-electron chi connectivity index (χ4n) is 2.92. The van der Waals surface area contributed by atoms with E-state index in [1.54, 1.807) is 29.2 Å². The third kappa shape index (κ3) is 3.14. The predicted octanol–water partition coefficient (Wildman–Crippen LogP) is 5.27. The van der Waals surface area contributed by atoms with Crippen molar-refractivity contribution < 1.29 is 4.79 Å². The maximum atomic E-state index is 12.6. The van der Waals surface area contributed by atoms with Crippen LogP contribution in [-0.4, -0.2) is 23.1 Å². The SMILES string of the molecule is N=C1C(c2nc(-c3ccc(Cl)cc3)cs2)C(=O)CN1c1ccc(Cl)cc1. The number of ketones is 1. The Kier molecular flexibility index (Phi) is 4.53. The number of halogens is 2. The fourth-order valence-corrected chi connectivity index (χ4v) is 4.12. The molecule has 1 N–H and O–H groups in total. The molecule has 0 aliphatic carbocycles. The van der Waals surface area contributed by atoms with Gasteiger partial charge in [-0.1, -0.05) is 35.3 Å². The van der Waals surface area contributed by atoms with Crippen LogP contribution >= 0.6 is 34.5 Å². The fraction of sp³-hybridized carbons (Fsp3) is 0.105. The second kappa shape index (κ2) is 6.83. The zero-order valence-corrected chi connectivity index (χ0v) is 15.8. The molecular formula is C19H13Cl2N3OS. The smallest absolute Gasteiger partial charge is 0.170 e. The molecule has 0 spiro atoms. The molecule has 1 aromatic heterocycles. The van der Waals surface area contributed by atoms with Crippen molar-refractivity contribution in [3.05, 3.63) is 69.0 Å². The summed E-state index contributed by atoms with van der Waals surface area (Å²) in [6.07, 6.45) is 0. The lowest BCUT2D eigenvalue weighted by atomic mass is 10.1. The molecule has 0 radical (unpaired) electrons. The molecule has 1 unspecified atom stereocenters. The first-order valence-corrected chi connectivity index (χ1v) is 9.52. The van der Waals surface area contributed by atoms with Crippen molar-refractivity contribution in [2.24, 2.45) is 0 Å². The molecule has 0 bridgehead atoms. The van der Waals surface area contributed by atoms with Gasteiger partial charge < -0.3 is 4.90 Å². The molecule has 130 valence electrons. The summed E-state index contributed by atoms with van der Waals surface area (Å²) in [4.78, 5) is 18.9. The summed E-state index contributed by atoms with van der Waals surface area (Å²) in [6, 6.07) is 14.5. The van der Waals surface area contributed by atoms with E-state index in [9.17, 15) is 4.79 Å². The highest BCUT2D eigenvalue weighted by Crippen LogP contribution is 2.34. The highest BCUT2D eigenvalue weighted by molar-refractivity contribution is 7.10. The quantitative estimate of drug-likeness (QED) is 0.650. The van der Waals surface area contributed by atoms with Crippen LogP contribution in [0.4, 0.5) is 5.69 Å². The van der Waals surface area contributed by atoms with E-state index in [4.69, 9.17) is 28.6 Å². The minimum absolute atomic E-state index is 0.0260. The second-order valence-electron chi connectivity index (χ2n) is 5.93. The third-order valence-electron chi connectivity index (χ3n) is 4.25. The summed E-state index contributed by atoms with van der Waals surface area (Å²) in [5, 5.41) is 12.3. The molecule has 0 saturated carbocycles. The maximum absolute atomic E-state index is 12.6. The van der Waals surface area contributed by atoms with E-state index in [0.29, 0.717) is 15.1 Å². The van der Waals surface area contributed by atoms with Gasteiger partial charge in [0, 0.05) is 26.7 Å². The number of nitrogens with one attached hydrogen (secondary N) is 1. The van der Waals surface area contributed by atoms with Crippen LogP contribution in [0.15, 0.2) is 53.9 Å². The summed E-state index contributed by atoms with van der Waals surface area (Å²) < 4.78 is 0. The Labute approximate surface area is 164 Å². The predicted molar refractivity (Wildman–Crippen MR) is 107 cm³/mol. The zero-order chi connectivity index (χ0) is 18.3. The Balaban J connectivity index is 1.62. The van der Waals surface area contributed by atoms with Crippen LogP contribution in [0.1, 0.15) is 10.9 Å². The van der Waals surface area contributed by atoms with E-state index in [0.717, 1.165) is 16.9 Å². The molecular weight excluding hydrogens is 389 g/mol. The first-order valence-electron chi connectivity index (χ1n) is 7.88. The van der Waals surface area contributed by atoms with E-state index in [-0.39, 0.29) is 18.2 Å². The Bertz CT molecular complexity index is 983. The van der Waals surface area contributed by atoms with Crippen LogP contribution in [0.3, 0.4) is 0 Å². The van der Waals surface area contributed by atoms with E-state index in [2.05, 4.69) is 4.98 Å². The van der Waals surface area contributed by atoms with Gasteiger partial charge in [0.1, 0.15) is 16.8 Å². The molecule has 1 atom stereocenters. The molecule has 26 heavy (non-hydrogen) atoms. The molecule has 1 aliphatic rings. The number of amidine groups is 1. The van der Waals surface area contributed by atoms with Crippen molar-refractivity contribution in [1.82, 2.24) is 4.98 Å². The van der Waals surface area contributed by atoms with Crippen molar-refractivity contribution in [2.45, 2.75) is 5.92 Å². The molecule has 7 heteroatoms. The number of carbonyl (C=O) groups excluding carboxylic acids is 1. The lowest BCUT2D eigenvalue weighted by Crippen LogP contribution is -2.25. The van der Waals surface area contributed by atoms with Gasteiger partial charge >= 0.3 is 0 Å². The Morgan fingerprint density at radius 1 is 1.04 bits per heavy atom. The molecule has 1 saturated heterocycles. The summed E-state index contributed by atoms with van der Waals surface area (Å²) in [5.74, 6) is -0.409. The van der Waals surface area contributed by atoms with Crippen LogP contribution in [-0.2, 0) is 4.79 Å². The molecule has 2 aromatic carbocycles. The second-order valence-corrected chi connectivity index (χ2v) is 7.69. The molecule has 3 aromatic rings. The van der Waals surface area contributed by atoms with Gasteiger partial charge in [-0.25, -0.2) is 4.98 Å². The van der Waals surface area contributed by atoms with Gasteiger partial charge in [-0.05, 0) is 36.4 Å². The minimum Gasteiger partial charge on any atom is -0.322 e. The van der Waals surface area contributed by atoms with Gasteiger partial charge in [-0.15, -0.1) is 11.3 Å². The number of rotatable bonds is 3. The van der Waals surface area contributed by atoms with Crippen LogP contribution in [0, 0.1) is 5.41 Å². The van der Waals surface area contributed by atoms with Crippen molar-refractivity contribution in [3.63, 3.8) is 0 Å². The topological polar surface area (TPSA) is 57.1 Å². The number of carbonyl (C=O) groups is 1. The normalized spacial score (nSPS) is 17.2. The molecule has 1 fully saturated rings. The summed E-state index contributed by atoms with van der Waals surface area (Å²) in [6.45, 7) is 0.168. The Morgan fingerprint density at radius 2 is 1.65 bits per heavy atom. The zero-order valence-electron chi connectivity index (χ0n) is 13.4. The number of benzene rings is 2. The summed E-state index contributed by atoms with van der Waals surface area (Å²) in [5.41, 5.74) is 2.50. The molecule has 2 heterocycles. The standard InChI is InChI=1S/C19H13Cl2N3OS/c20-12-3-1-11(2-4-12)15-10-26-19(23-15)17-16(25)9-24(18(17)22)14-7-5-13(21)6-8-14/h1-8,10,17,22H,9H2. The first-order chi connectivity index (χ1) is 12.5. The van der Waals surface area contributed by atoms with Gasteiger partial charge in [0.25, 0.3) is 0 Å². The van der Waals surface area contributed by atoms with Crippen LogP contribution in [0.2, 0.25) is 10.0 Å². The third-order valence-corrected chi connectivity index (χ3v) is 5.66. The number of thiazole rings is 1. The maximum Gasteiger partial charge on any atom is 0.170 e. The van der Waals surface area contributed by atoms with Crippen molar-refractivity contribution in [2.75, 3.05) is 11.4 Å². The largest absolute Gasteiger partial charge is 0.322 e. The number of hydrogen-bond acceptors (Lipinski definition) is 4. The number of anilines is 1. The van der Waals surface area contributed by atoms with Crippen LogP contribution in [0.5, 0.6) is 0 Å². The highest BCUT2D eigenvalue weighted by Gasteiger charge is 2.39. The number of aromatic nitrogens is 1. The van der Waals surface area contributed by atoms with Gasteiger partial charge in [0.2, 0.25) is 0 Å². The molecule has 1 aliphatic heterocycles. The average molecular weight is 402 g/mol. The number of nitrogens with zero attached hydrogens (tertiary/aromatic N) is 2. The van der Waals surface area contributed by atoms with Crippen molar-refractivity contribution >= 4 is 51.8 Å². The van der Waals surface area contributed by atoms with Crippen LogP contribution in [0.25, 0.3) is 11.3 Å². The Hall–Kier alpha value is -2.21. The van der Waals surface area contributed by atoms with Gasteiger partial charge in [-0.2, -0.15) is 0 Å². The van der Waals surface area contributed by atoms with Crippen molar-refractivity contribution in [1.29, 1.82) is 5.41 Å². The monoisotopic (exact) mass is 401 g/mol.